The summed E-state index contributed by atoms with van der Waals surface area (Å²) in [6.07, 6.45) is 6.93. The normalized spacial score (nSPS) is 35.3. The first kappa shape index (κ1) is 13.3. The van der Waals surface area contributed by atoms with Crippen LogP contribution in [0.15, 0.2) is 0 Å². The Hall–Kier alpha value is -0.120. The van der Waals surface area contributed by atoms with Crippen molar-refractivity contribution in [2.75, 3.05) is 26.2 Å². The summed E-state index contributed by atoms with van der Waals surface area (Å²) in [5.41, 5.74) is 0. The van der Waals surface area contributed by atoms with Crippen LogP contribution in [-0.2, 0) is 4.74 Å². The minimum absolute atomic E-state index is 0.544. The molecule has 2 saturated heterocycles. The minimum atomic E-state index is 0.544. The molecule has 0 amide bonds. The molecule has 2 heterocycles. The number of nitrogens with zero attached hydrogens (tertiary/aromatic N) is 1. The Morgan fingerprint density at radius 2 is 2.24 bits per heavy atom. The Morgan fingerprint density at radius 1 is 1.35 bits per heavy atom. The van der Waals surface area contributed by atoms with Gasteiger partial charge in [0.2, 0.25) is 0 Å². The van der Waals surface area contributed by atoms with Crippen LogP contribution >= 0.6 is 0 Å². The summed E-state index contributed by atoms with van der Waals surface area (Å²) < 4.78 is 5.72. The zero-order valence-electron chi connectivity index (χ0n) is 11.5. The van der Waals surface area contributed by atoms with Crippen LogP contribution in [0.4, 0.5) is 0 Å². The van der Waals surface area contributed by atoms with Gasteiger partial charge in [0, 0.05) is 38.3 Å². The van der Waals surface area contributed by atoms with Crippen LogP contribution < -0.4 is 5.32 Å². The van der Waals surface area contributed by atoms with Crippen molar-refractivity contribution >= 4 is 0 Å². The maximum Gasteiger partial charge on any atom is 0.0588 e. The second kappa shape index (κ2) is 6.72. The van der Waals surface area contributed by atoms with Crippen molar-refractivity contribution in [3.63, 3.8) is 0 Å². The maximum absolute atomic E-state index is 5.72. The third kappa shape index (κ3) is 3.94. The predicted octanol–water partition coefficient (Wildman–Crippen LogP) is 2.02. The average Bonchev–Trinajstić information content (AvgIpc) is 2.82. The van der Waals surface area contributed by atoms with Gasteiger partial charge in [-0.1, -0.05) is 13.3 Å². The highest BCUT2D eigenvalue weighted by Gasteiger charge is 2.26. The molecule has 3 heteroatoms. The van der Waals surface area contributed by atoms with E-state index in [0.717, 1.165) is 12.6 Å². The number of rotatable bonds is 5. The number of hydrogen-bond acceptors (Lipinski definition) is 3. The summed E-state index contributed by atoms with van der Waals surface area (Å²) >= 11 is 0. The Morgan fingerprint density at radius 3 is 2.94 bits per heavy atom. The molecule has 2 aliphatic rings. The van der Waals surface area contributed by atoms with E-state index in [1.807, 2.05) is 0 Å². The quantitative estimate of drug-likeness (QED) is 0.795. The summed E-state index contributed by atoms with van der Waals surface area (Å²) in [7, 11) is 0. The van der Waals surface area contributed by atoms with Gasteiger partial charge < -0.3 is 10.1 Å². The van der Waals surface area contributed by atoms with E-state index in [9.17, 15) is 0 Å². The Balaban J connectivity index is 1.77. The van der Waals surface area contributed by atoms with E-state index < -0.39 is 0 Å². The van der Waals surface area contributed by atoms with E-state index in [2.05, 4.69) is 24.1 Å². The standard InChI is InChI=1S/C14H28N2O/c1-3-5-13-10-15-12(2)11-16(13)8-7-14-6-4-9-17-14/h12-15H,3-11H2,1-2H3. The van der Waals surface area contributed by atoms with Gasteiger partial charge in [0.25, 0.3) is 0 Å². The van der Waals surface area contributed by atoms with Gasteiger partial charge in [-0.2, -0.15) is 0 Å². The first-order valence-corrected chi connectivity index (χ1v) is 7.38. The number of ether oxygens (including phenoxy) is 1. The third-order valence-electron chi connectivity index (χ3n) is 4.11. The molecule has 0 spiro atoms. The molecule has 2 rings (SSSR count). The molecule has 0 aromatic carbocycles. The van der Waals surface area contributed by atoms with Gasteiger partial charge in [-0.05, 0) is 32.6 Å². The van der Waals surface area contributed by atoms with E-state index in [1.165, 1.54) is 51.7 Å². The SMILES string of the molecule is CCCC1CNC(C)CN1CCC1CCCO1. The Labute approximate surface area is 106 Å². The van der Waals surface area contributed by atoms with Crippen LogP contribution in [0.1, 0.15) is 46.0 Å². The summed E-state index contributed by atoms with van der Waals surface area (Å²) in [5.74, 6) is 0. The highest BCUT2D eigenvalue weighted by atomic mass is 16.5. The van der Waals surface area contributed by atoms with Crippen molar-refractivity contribution in [2.45, 2.75) is 64.1 Å². The van der Waals surface area contributed by atoms with Gasteiger partial charge in [-0.15, -0.1) is 0 Å². The first-order chi connectivity index (χ1) is 8.29. The lowest BCUT2D eigenvalue weighted by atomic mass is 10.0. The molecule has 1 N–H and O–H groups in total. The van der Waals surface area contributed by atoms with Crippen LogP contribution in [0.3, 0.4) is 0 Å². The van der Waals surface area contributed by atoms with E-state index >= 15 is 0 Å². The second-order valence-electron chi connectivity index (χ2n) is 5.67. The Bertz CT molecular complexity index is 216. The van der Waals surface area contributed by atoms with Crippen LogP contribution in [0, 0.1) is 0 Å². The number of nitrogens with one attached hydrogen (secondary N) is 1. The van der Waals surface area contributed by atoms with E-state index in [4.69, 9.17) is 4.74 Å². The predicted molar refractivity (Wildman–Crippen MR) is 71.3 cm³/mol. The van der Waals surface area contributed by atoms with Gasteiger partial charge in [0.05, 0.1) is 6.10 Å². The zero-order valence-corrected chi connectivity index (χ0v) is 11.5. The fourth-order valence-corrected chi connectivity index (χ4v) is 3.11. The van der Waals surface area contributed by atoms with Crippen molar-refractivity contribution in [3.05, 3.63) is 0 Å². The lowest BCUT2D eigenvalue weighted by Gasteiger charge is -2.39. The van der Waals surface area contributed by atoms with Gasteiger partial charge in [0.1, 0.15) is 0 Å². The smallest absolute Gasteiger partial charge is 0.0588 e. The monoisotopic (exact) mass is 240 g/mol. The molecule has 2 fully saturated rings. The van der Waals surface area contributed by atoms with Crippen LogP contribution in [0.5, 0.6) is 0 Å². The van der Waals surface area contributed by atoms with Gasteiger partial charge in [0.15, 0.2) is 0 Å². The number of piperazine rings is 1. The molecule has 3 unspecified atom stereocenters. The molecule has 3 atom stereocenters. The summed E-state index contributed by atoms with van der Waals surface area (Å²) in [6.45, 7) is 9.16. The van der Waals surface area contributed by atoms with Gasteiger partial charge >= 0.3 is 0 Å². The molecule has 0 aliphatic carbocycles. The van der Waals surface area contributed by atoms with Crippen molar-refractivity contribution in [1.82, 2.24) is 10.2 Å². The molecular weight excluding hydrogens is 212 g/mol. The lowest BCUT2D eigenvalue weighted by molar-refractivity contribution is 0.0702. The molecule has 2 aliphatic heterocycles. The van der Waals surface area contributed by atoms with E-state index in [1.54, 1.807) is 0 Å². The summed E-state index contributed by atoms with van der Waals surface area (Å²) in [4.78, 5) is 2.69. The van der Waals surface area contributed by atoms with Gasteiger partial charge in [-0.3, -0.25) is 4.90 Å². The molecule has 0 aromatic heterocycles. The molecule has 0 aromatic rings. The van der Waals surface area contributed by atoms with Crippen molar-refractivity contribution in [3.8, 4) is 0 Å². The van der Waals surface area contributed by atoms with Gasteiger partial charge in [-0.25, -0.2) is 0 Å². The second-order valence-corrected chi connectivity index (χ2v) is 5.67. The molecular formula is C14H28N2O. The van der Waals surface area contributed by atoms with Crippen molar-refractivity contribution in [2.24, 2.45) is 0 Å². The van der Waals surface area contributed by atoms with E-state index in [-0.39, 0.29) is 0 Å². The van der Waals surface area contributed by atoms with E-state index in [0.29, 0.717) is 12.1 Å². The molecule has 0 bridgehead atoms. The van der Waals surface area contributed by atoms with Crippen LogP contribution in [0.2, 0.25) is 0 Å². The van der Waals surface area contributed by atoms with Crippen molar-refractivity contribution in [1.29, 1.82) is 0 Å². The molecule has 100 valence electrons. The topological polar surface area (TPSA) is 24.5 Å². The molecule has 0 saturated carbocycles. The first-order valence-electron chi connectivity index (χ1n) is 7.38. The number of hydrogen-bond donors (Lipinski definition) is 1. The zero-order chi connectivity index (χ0) is 12.1. The Kier molecular flexibility index (Phi) is 5.26. The molecule has 3 nitrogen and oxygen atoms in total. The summed E-state index contributed by atoms with van der Waals surface area (Å²) in [5, 5.41) is 3.60. The third-order valence-corrected chi connectivity index (χ3v) is 4.11. The lowest BCUT2D eigenvalue weighted by Crippen LogP contribution is -2.55. The molecule has 17 heavy (non-hydrogen) atoms. The van der Waals surface area contributed by atoms with Crippen molar-refractivity contribution < 1.29 is 4.74 Å². The van der Waals surface area contributed by atoms with Crippen LogP contribution in [-0.4, -0.2) is 49.3 Å². The largest absolute Gasteiger partial charge is 0.378 e. The fraction of sp³-hybridized carbons (Fsp3) is 1.00. The van der Waals surface area contributed by atoms with Crippen LogP contribution in [0.25, 0.3) is 0 Å². The highest BCUT2D eigenvalue weighted by Crippen LogP contribution is 2.18. The fourth-order valence-electron chi connectivity index (χ4n) is 3.11. The molecule has 0 radical (unpaired) electrons. The highest BCUT2D eigenvalue weighted by molar-refractivity contribution is 4.84. The average molecular weight is 240 g/mol. The summed E-state index contributed by atoms with van der Waals surface area (Å²) in [6, 6.07) is 1.39. The maximum atomic E-state index is 5.72. The minimum Gasteiger partial charge on any atom is -0.378 e.